The molecule has 2 aromatic rings. The van der Waals surface area contributed by atoms with Crippen molar-refractivity contribution in [2.75, 3.05) is 0 Å². The van der Waals surface area contributed by atoms with Crippen molar-refractivity contribution in [2.45, 2.75) is 52.1 Å². The standard InChI is InChI=1S/C23H30N2O2/c1-5-17(4)24-23(27)21(16(2)3)25-22(26)20(18-12-8-6-9-13-18)19-14-10-7-11-15-19/h6-17,20-21H,5H2,1-4H3,(H,24,27)(H,25,26)/t17-,21+/m1/s1. The van der Waals surface area contributed by atoms with Gasteiger partial charge in [-0.15, -0.1) is 0 Å². The number of nitrogens with one attached hydrogen (secondary N) is 2. The molecule has 144 valence electrons. The van der Waals surface area contributed by atoms with Gasteiger partial charge in [-0.25, -0.2) is 0 Å². The molecule has 2 amide bonds. The Kier molecular flexibility index (Phi) is 7.59. The molecular formula is C23H30N2O2. The third-order valence-corrected chi connectivity index (χ3v) is 4.78. The summed E-state index contributed by atoms with van der Waals surface area (Å²) in [6.07, 6.45) is 0.848. The monoisotopic (exact) mass is 366 g/mol. The Labute approximate surface area is 162 Å². The second kappa shape index (κ2) is 9.91. The SMILES string of the molecule is CC[C@@H](C)NC(=O)[C@@H](NC(=O)C(c1ccccc1)c1ccccc1)C(C)C. The van der Waals surface area contributed by atoms with Gasteiger partial charge in [0.1, 0.15) is 6.04 Å². The van der Waals surface area contributed by atoms with Gasteiger partial charge in [-0.1, -0.05) is 81.4 Å². The molecule has 0 aliphatic carbocycles. The summed E-state index contributed by atoms with van der Waals surface area (Å²) in [6.45, 7) is 7.88. The molecule has 0 saturated carbocycles. The van der Waals surface area contributed by atoms with Crippen LogP contribution in [0.3, 0.4) is 0 Å². The van der Waals surface area contributed by atoms with Gasteiger partial charge < -0.3 is 10.6 Å². The molecule has 0 unspecified atom stereocenters. The minimum atomic E-state index is -0.568. The van der Waals surface area contributed by atoms with Crippen LogP contribution in [0.1, 0.15) is 51.2 Å². The van der Waals surface area contributed by atoms with Gasteiger partial charge in [-0.05, 0) is 30.4 Å². The average Bonchev–Trinajstić information content (AvgIpc) is 2.67. The van der Waals surface area contributed by atoms with E-state index in [1.807, 2.05) is 88.4 Å². The smallest absolute Gasteiger partial charge is 0.243 e. The largest absolute Gasteiger partial charge is 0.352 e. The molecule has 2 N–H and O–H groups in total. The van der Waals surface area contributed by atoms with Gasteiger partial charge in [0.15, 0.2) is 0 Å². The number of rotatable bonds is 8. The molecule has 0 bridgehead atoms. The van der Waals surface area contributed by atoms with E-state index in [0.29, 0.717) is 0 Å². The lowest BCUT2D eigenvalue weighted by molar-refractivity contribution is -0.130. The highest BCUT2D eigenvalue weighted by Crippen LogP contribution is 2.25. The first-order chi connectivity index (χ1) is 12.9. The normalized spacial score (nSPS) is 13.3. The zero-order valence-corrected chi connectivity index (χ0v) is 16.6. The molecule has 0 aromatic heterocycles. The Morgan fingerprint density at radius 3 is 1.67 bits per heavy atom. The van der Waals surface area contributed by atoms with Crippen LogP contribution in [-0.4, -0.2) is 23.9 Å². The summed E-state index contributed by atoms with van der Waals surface area (Å²) >= 11 is 0. The van der Waals surface area contributed by atoms with Crippen molar-refractivity contribution in [3.05, 3.63) is 71.8 Å². The van der Waals surface area contributed by atoms with Crippen LogP contribution in [0.25, 0.3) is 0 Å². The van der Waals surface area contributed by atoms with Gasteiger partial charge in [0, 0.05) is 6.04 Å². The molecule has 4 nitrogen and oxygen atoms in total. The van der Waals surface area contributed by atoms with Crippen molar-refractivity contribution in [3.8, 4) is 0 Å². The number of benzene rings is 2. The van der Waals surface area contributed by atoms with Gasteiger partial charge >= 0.3 is 0 Å². The fourth-order valence-electron chi connectivity index (χ4n) is 2.99. The van der Waals surface area contributed by atoms with E-state index in [4.69, 9.17) is 0 Å². The minimum Gasteiger partial charge on any atom is -0.352 e. The molecule has 0 spiro atoms. The van der Waals surface area contributed by atoms with Gasteiger partial charge in [-0.2, -0.15) is 0 Å². The zero-order valence-electron chi connectivity index (χ0n) is 16.6. The molecule has 0 fully saturated rings. The van der Waals surface area contributed by atoms with E-state index in [1.54, 1.807) is 0 Å². The molecule has 0 saturated heterocycles. The lowest BCUT2D eigenvalue weighted by atomic mass is 9.89. The van der Waals surface area contributed by atoms with Crippen LogP contribution >= 0.6 is 0 Å². The lowest BCUT2D eigenvalue weighted by Gasteiger charge is -2.26. The van der Waals surface area contributed by atoms with Crippen LogP contribution in [0, 0.1) is 5.92 Å². The van der Waals surface area contributed by atoms with E-state index < -0.39 is 12.0 Å². The summed E-state index contributed by atoms with van der Waals surface area (Å²) in [7, 11) is 0. The van der Waals surface area contributed by atoms with Gasteiger partial charge in [0.2, 0.25) is 11.8 Å². The zero-order chi connectivity index (χ0) is 19.8. The molecule has 0 aliphatic heterocycles. The molecule has 2 atom stereocenters. The Morgan fingerprint density at radius 2 is 1.26 bits per heavy atom. The Balaban J connectivity index is 2.27. The van der Waals surface area contributed by atoms with E-state index in [0.717, 1.165) is 17.5 Å². The van der Waals surface area contributed by atoms with Crippen LogP contribution in [-0.2, 0) is 9.59 Å². The Bertz CT molecular complexity index is 689. The number of hydrogen-bond acceptors (Lipinski definition) is 2. The fourth-order valence-corrected chi connectivity index (χ4v) is 2.99. The van der Waals surface area contributed by atoms with E-state index in [2.05, 4.69) is 10.6 Å². The van der Waals surface area contributed by atoms with E-state index in [1.165, 1.54) is 0 Å². The Hall–Kier alpha value is -2.62. The first kappa shape index (κ1) is 20.7. The second-order valence-electron chi connectivity index (χ2n) is 7.30. The highest BCUT2D eigenvalue weighted by Gasteiger charge is 2.29. The highest BCUT2D eigenvalue weighted by molar-refractivity contribution is 5.92. The average molecular weight is 367 g/mol. The fraction of sp³-hybridized carbons (Fsp3) is 0.391. The summed E-state index contributed by atoms with van der Waals surface area (Å²) in [5.41, 5.74) is 1.82. The predicted molar refractivity (Wildman–Crippen MR) is 109 cm³/mol. The van der Waals surface area contributed by atoms with Crippen molar-refractivity contribution in [3.63, 3.8) is 0 Å². The maximum atomic E-state index is 13.2. The number of carbonyl (C=O) groups is 2. The highest BCUT2D eigenvalue weighted by atomic mass is 16.2. The molecule has 0 aliphatic rings. The quantitative estimate of drug-likeness (QED) is 0.745. The molecule has 27 heavy (non-hydrogen) atoms. The molecule has 2 aromatic carbocycles. The summed E-state index contributed by atoms with van der Waals surface area (Å²) in [6, 6.07) is 18.9. The molecule has 2 rings (SSSR count). The molecular weight excluding hydrogens is 336 g/mol. The van der Waals surface area contributed by atoms with Crippen LogP contribution in [0.5, 0.6) is 0 Å². The molecule has 4 heteroatoms. The van der Waals surface area contributed by atoms with E-state index in [9.17, 15) is 9.59 Å². The summed E-state index contributed by atoms with van der Waals surface area (Å²) in [4.78, 5) is 25.9. The first-order valence-electron chi connectivity index (χ1n) is 9.64. The number of amides is 2. The summed E-state index contributed by atoms with van der Waals surface area (Å²) in [5, 5.41) is 5.97. The predicted octanol–water partition coefficient (Wildman–Crippen LogP) is 3.87. The van der Waals surface area contributed by atoms with Crippen LogP contribution in [0.2, 0.25) is 0 Å². The van der Waals surface area contributed by atoms with Gasteiger partial charge in [-0.3, -0.25) is 9.59 Å². The van der Waals surface area contributed by atoms with Crippen molar-refractivity contribution < 1.29 is 9.59 Å². The van der Waals surface area contributed by atoms with Gasteiger partial charge in [0.25, 0.3) is 0 Å². The third kappa shape index (κ3) is 5.68. The Morgan fingerprint density at radius 1 is 0.778 bits per heavy atom. The topological polar surface area (TPSA) is 58.2 Å². The second-order valence-corrected chi connectivity index (χ2v) is 7.30. The number of carbonyl (C=O) groups excluding carboxylic acids is 2. The van der Waals surface area contributed by atoms with Crippen LogP contribution in [0.4, 0.5) is 0 Å². The minimum absolute atomic E-state index is 0.00907. The van der Waals surface area contributed by atoms with Gasteiger partial charge in [0.05, 0.1) is 5.92 Å². The van der Waals surface area contributed by atoms with E-state index in [-0.39, 0.29) is 23.8 Å². The van der Waals surface area contributed by atoms with Crippen molar-refractivity contribution in [2.24, 2.45) is 5.92 Å². The summed E-state index contributed by atoms with van der Waals surface area (Å²) in [5.74, 6) is -0.756. The van der Waals surface area contributed by atoms with Crippen molar-refractivity contribution in [1.29, 1.82) is 0 Å². The maximum absolute atomic E-state index is 13.2. The summed E-state index contributed by atoms with van der Waals surface area (Å²) < 4.78 is 0. The first-order valence-corrected chi connectivity index (χ1v) is 9.64. The molecule has 0 heterocycles. The van der Waals surface area contributed by atoms with Crippen molar-refractivity contribution >= 4 is 11.8 Å². The maximum Gasteiger partial charge on any atom is 0.243 e. The van der Waals surface area contributed by atoms with Crippen LogP contribution in [0.15, 0.2) is 60.7 Å². The molecule has 0 radical (unpaired) electrons. The van der Waals surface area contributed by atoms with Crippen LogP contribution < -0.4 is 10.6 Å². The third-order valence-electron chi connectivity index (χ3n) is 4.78. The lowest BCUT2D eigenvalue weighted by Crippen LogP contribution is -2.52. The van der Waals surface area contributed by atoms with E-state index >= 15 is 0 Å². The number of hydrogen-bond donors (Lipinski definition) is 2. The van der Waals surface area contributed by atoms with Crippen molar-refractivity contribution in [1.82, 2.24) is 10.6 Å².